The summed E-state index contributed by atoms with van der Waals surface area (Å²) in [6.45, 7) is 3.21. The predicted octanol–water partition coefficient (Wildman–Crippen LogP) is 0.991. The summed E-state index contributed by atoms with van der Waals surface area (Å²) in [6, 6.07) is 7.21. The Balaban J connectivity index is 2.14. The minimum atomic E-state index is -3.96. The third-order valence-corrected chi connectivity index (χ3v) is 6.50. The van der Waals surface area contributed by atoms with Crippen LogP contribution in [0.4, 0.5) is 4.39 Å². The molecule has 0 saturated heterocycles. The summed E-state index contributed by atoms with van der Waals surface area (Å²) in [5, 5.41) is 0. The molecule has 0 heterocycles. The van der Waals surface area contributed by atoms with Gasteiger partial charge in [0.2, 0.25) is 10.0 Å². The predicted molar refractivity (Wildman–Crippen MR) is 106 cm³/mol. The van der Waals surface area contributed by atoms with Crippen LogP contribution >= 0.6 is 0 Å². The standard InChI is InChI=1S/C18H20FN3O6S2/c1-11(2)22-30(27,28)14-8-9-16(19)15(10-14)18(24)21-20-17(23)12-4-6-13(7-5-12)29(3,25)26/h4-11,22H,1-3H3,(H,20,23)(H,21,24). The number of nitrogens with one attached hydrogen (secondary N) is 3. The number of sulfone groups is 1. The van der Waals surface area contributed by atoms with Crippen molar-refractivity contribution in [2.45, 2.75) is 29.7 Å². The first-order valence-electron chi connectivity index (χ1n) is 8.54. The average Bonchev–Trinajstić information content (AvgIpc) is 2.64. The molecule has 2 aromatic rings. The van der Waals surface area contributed by atoms with Crippen LogP contribution in [0.3, 0.4) is 0 Å². The van der Waals surface area contributed by atoms with Crippen molar-refractivity contribution in [2.24, 2.45) is 0 Å². The molecule has 0 aliphatic rings. The van der Waals surface area contributed by atoms with E-state index in [1.54, 1.807) is 13.8 Å². The molecular weight excluding hydrogens is 437 g/mol. The Labute approximate surface area is 173 Å². The Bertz CT molecular complexity index is 1180. The lowest BCUT2D eigenvalue weighted by Crippen LogP contribution is -2.42. The Morgan fingerprint density at radius 2 is 1.40 bits per heavy atom. The van der Waals surface area contributed by atoms with E-state index in [2.05, 4.69) is 10.1 Å². The smallest absolute Gasteiger partial charge is 0.267 e. The molecule has 0 aliphatic carbocycles. The Morgan fingerprint density at radius 3 is 1.93 bits per heavy atom. The molecule has 2 amide bonds. The number of amides is 2. The molecule has 2 rings (SSSR count). The third-order valence-electron chi connectivity index (χ3n) is 3.72. The Hall–Kier alpha value is -2.83. The molecule has 0 radical (unpaired) electrons. The fourth-order valence-corrected chi connectivity index (χ4v) is 4.24. The van der Waals surface area contributed by atoms with Crippen LogP contribution in [0.1, 0.15) is 34.6 Å². The van der Waals surface area contributed by atoms with Crippen LogP contribution in [0, 0.1) is 5.82 Å². The maximum absolute atomic E-state index is 14.0. The van der Waals surface area contributed by atoms with E-state index in [1.165, 1.54) is 24.3 Å². The molecule has 0 aromatic heterocycles. The first-order chi connectivity index (χ1) is 13.8. The van der Waals surface area contributed by atoms with Gasteiger partial charge in [-0.1, -0.05) is 0 Å². The van der Waals surface area contributed by atoms with E-state index in [0.717, 1.165) is 24.5 Å². The minimum Gasteiger partial charge on any atom is -0.267 e. The monoisotopic (exact) mass is 457 g/mol. The van der Waals surface area contributed by atoms with Gasteiger partial charge < -0.3 is 0 Å². The van der Waals surface area contributed by atoms with E-state index < -0.39 is 49.1 Å². The molecule has 162 valence electrons. The number of sulfonamides is 1. The van der Waals surface area contributed by atoms with Crippen molar-refractivity contribution >= 4 is 31.7 Å². The molecule has 0 unspecified atom stereocenters. The molecule has 30 heavy (non-hydrogen) atoms. The zero-order valence-electron chi connectivity index (χ0n) is 16.3. The lowest BCUT2D eigenvalue weighted by atomic mass is 10.2. The third kappa shape index (κ3) is 5.84. The fourth-order valence-electron chi connectivity index (χ4n) is 2.33. The summed E-state index contributed by atoms with van der Waals surface area (Å²) >= 11 is 0. The van der Waals surface area contributed by atoms with Gasteiger partial charge in [-0.05, 0) is 56.3 Å². The van der Waals surface area contributed by atoms with Gasteiger partial charge in [0.1, 0.15) is 5.82 Å². The molecule has 0 saturated carbocycles. The average molecular weight is 458 g/mol. The van der Waals surface area contributed by atoms with Crippen LogP contribution < -0.4 is 15.6 Å². The molecule has 2 aromatic carbocycles. The molecule has 0 spiro atoms. The molecule has 0 fully saturated rings. The van der Waals surface area contributed by atoms with Gasteiger partial charge >= 0.3 is 0 Å². The number of hydrazine groups is 1. The summed E-state index contributed by atoms with van der Waals surface area (Å²) in [6.07, 6.45) is 1.02. The van der Waals surface area contributed by atoms with E-state index in [0.29, 0.717) is 0 Å². The van der Waals surface area contributed by atoms with E-state index >= 15 is 0 Å². The molecule has 0 atom stereocenters. The maximum atomic E-state index is 14.0. The summed E-state index contributed by atoms with van der Waals surface area (Å²) < 4.78 is 63.6. The second kappa shape index (κ2) is 8.90. The summed E-state index contributed by atoms with van der Waals surface area (Å²) in [4.78, 5) is 24.0. The minimum absolute atomic E-state index is 0.0122. The molecule has 0 bridgehead atoms. The number of hydrogen-bond donors (Lipinski definition) is 3. The van der Waals surface area contributed by atoms with Crippen molar-refractivity contribution in [2.75, 3.05) is 6.26 Å². The number of carbonyl (C=O) groups is 2. The van der Waals surface area contributed by atoms with Gasteiger partial charge in [0.15, 0.2) is 9.84 Å². The number of benzene rings is 2. The molecule has 12 heteroatoms. The highest BCUT2D eigenvalue weighted by molar-refractivity contribution is 7.90. The fraction of sp³-hybridized carbons (Fsp3) is 0.222. The van der Waals surface area contributed by atoms with Gasteiger partial charge in [-0.25, -0.2) is 25.9 Å². The zero-order valence-corrected chi connectivity index (χ0v) is 17.9. The molecular formula is C18H20FN3O6S2. The second-order valence-corrected chi connectivity index (χ2v) is 10.4. The van der Waals surface area contributed by atoms with Crippen LogP contribution in [0.25, 0.3) is 0 Å². The van der Waals surface area contributed by atoms with Crippen molar-refractivity contribution in [1.29, 1.82) is 0 Å². The second-order valence-electron chi connectivity index (χ2n) is 6.62. The van der Waals surface area contributed by atoms with Crippen molar-refractivity contribution in [3.05, 3.63) is 59.4 Å². The summed E-state index contributed by atoms with van der Waals surface area (Å²) in [5.74, 6) is -2.84. The summed E-state index contributed by atoms with van der Waals surface area (Å²) in [5.41, 5.74) is 3.50. The largest absolute Gasteiger partial charge is 0.272 e. The SMILES string of the molecule is CC(C)NS(=O)(=O)c1ccc(F)c(C(=O)NNC(=O)c2ccc(S(C)(=O)=O)cc2)c1. The van der Waals surface area contributed by atoms with Gasteiger partial charge in [0, 0.05) is 17.9 Å². The van der Waals surface area contributed by atoms with Gasteiger partial charge in [-0.15, -0.1) is 0 Å². The Kier molecular flexibility index (Phi) is 6.95. The zero-order chi connectivity index (χ0) is 22.7. The molecule has 0 aliphatic heterocycles. The number of carbonyl (C=O) groups excluding carboxylic acids is 2. The van der Waals surface area contributed by atoms with Gasteiger partial charge in [0.25, 0.3) is 11.8 Å². The molecule has 9 nitrogen and oxygen atoms in total. The lowest BCUT2D eigenvalue weighted by molar-refractivity contribution is 0.0844. The van der Waals surface area contributed by atoms with Gasteiger partial charge in [0.05, 0.1) is 15.4 Å². The quantitative estimate of drug-likeness (QED) is 0.553. The van der Waals surface area contributed by atoms with Crippen LogP contribution in [-0.4, -0.2) is 40.9 Å². The van der Waals surface area contributed by atoms with Crippen molar-refractivity contribution in [3.63, 3.8) is 0 Å². The van der Waals surface area contributed by atoms with Crippen molar-refractivity contribution in [3.8, 4) is 0 Å². The van der Waals surface area contributed by atoms with Crippen LogP contribution in [0.5, 0.6) is 0 Å². The van der Waals surface area contributed by atoms with Gasteiger partial charge in [-0.3, -0.25) is 20.4 Å². The van der Waals surface area contributed by atoms with E-state index in [9.17, 15) is 30.8 Å². The Morgan fingerprint density at radius 1 is 0.867 bits per heavy atom. The van der Waals surface area contributed by atoms with E-state index in [-0.39, 0.29) is 15.4 Å². The van der Waals surface area contributed by atoms with Crippen LogP contribution in [0.2, 0.25) is 0 Å². The van der Waals surface area contributed by atoms with E-state index in [1.807, 2.05) is 5.43 Å². The first-order valence-corrected chi connectivity index (χ1v) is 11.9. The van der Waals surface area contributed by atoms with Crippen LogP contribution in [0.15, 0.2) is 52.3 Å². The first kappa shape index (κ1) is 23.4. The number of halogens is 1. The van der Waals surface area contributed by atoms with Crippen molar-refractivity contribution in [1.82, 2.24) is 15.6 Å². The highest BCUT2D eigenvalue weighted by atomic mass is 32.2. The van der Waals surface area contributed by atoms with Crippen LogP contribution in [-0.2, 0) is 19.9 Å². The van der Waals surface area contributed by atoms with Crippen molar-refractivity contribution < 1.29 is 30.8 Å². The highest BCUT2D eigenvalue weighted by Crippen LogP contribution is 2.16. The maximum Gasteiger partial charge on any atom is 0.272 e. The molecule has 3 N–H and O–H groups in total. The topological polar surface area (TPSA) is 139 Å². The normalized spacial score (nSPS) is 11.9. The van der Waals surface area contributed by atoms with E-state index in [4.69, 9.17) is 0 Å². The summed E-state index contributed by atoms with van der Waals surface area (Å²) in [7, 11) is -7.39. The highest BCUT2D eigenvalue weighted by Gasteiger charge is 2.20. The number of hydrogen-bond acceptors (Lipinski definition) is 6. The van der Waals surface area contributed by atoms with Gasteiger partial charge in [-0.2, -0.15) is 0 Å². The number of rotatable bonds is 6. The lowest BCUT2D eigenvalue weighted by Gasteiger charge is -2.12.